The first-order valence-electron chi connectivity index (χ1n) is 5.21. The third-order valence-electron chi connectivity index (χ3n) is 3.02. The normalized spacial score (nSPS) is 12.5. The maximum Gasteiger partial charge on any atom is 0.100 e. The molecule has 1 aromatic rings. The number of nitriles is 1. The van der Waals surface area contributed by atoms with Crippen LogP contribution >= 0.6 is 11.3 Å². The van der Waals surface area contributed by atoms with Crippen LogP contribution in [0.2, 0.25) is 0 Å². The molecule has 0 atom stereocenters. The second kappa shape index (κ2) is 4.54. The Balaban J connectivity index is 2.62. The zero-order valence-corrected chi connectivity index (χ0v) is 11.0. The summed E-state index contributed by atoms with van der Waals surface area (Å²) >= 11 is 1.56. The third-order valence-corrected chi connectivity index (χ3v) is 3.95. The Hall–Kier alpha value is -0.890. The van der Waals surface area contributed by atoms with Gasteiger partial charge in [-0.25, -0.2) is 0 Å². The number of rotatable bonds is 4. The van der Waals surface area contributed by atoms with Crippen molar-refractivity contribution >= 4 is 11.3 Å². The van der Waals surface area contributed by atoms with Crippen molar-refractivity contribution in [2.45, 2.75) is 45.4 Å². The summed E-state index contributed by atoms with van der Waals surface area (Å²) in [5.41, 5.74) is -0.464. The zero-order chi connectivity index (χ0) is 12.4. The van der Waals surface area contributed by atoms with Gasteiger partial charge in [0, 0.05) is 22.3 Å². The fourth-order valence-electron chi connectivity index (χ4n) is 1.06. The lowest BCUT2D eigenvalue weighted by atomic mass is 9.86. The SMILES string of the molecule is CC(C)(O)C(C)(C)NCc1cc(C#N)cs1. The smallest absolute Gasteiger partial charge is 0.100 e. The first-order chi connectivity index (χ1) is 7.26. The molecule has 0 saturated carbocycles. The molecule has 0 unspecified atom stereocenters. The Morgan fingerprint density at radius 2 is 2.06 bits per heavy atom. The molecule has 0 amide bonds. The van der Waals surface area contributed by atoms with E-state index in [4.69, 9.17) is 5.26 Å². The Kier molecular flexibility index (Phi) is 3.74. The van der Waals surface area contributed by atoms with Crippen LogP contribution in [-0.2, 0) is 6.54 Å². The van der Waals surface area contributed by atoms with Gasteiger partial charge in [0.15, 0.2) is 0 Å². The van der Waals surface area contributed by atoms with Crippen LogP contribution in [0.4, 0.5) is 0 Å². The second-order valence-electron chi connectivity index (χ2n) is 4.95. The number of thiophene rings is 1. The minimum Gasteiger partial charge on any atom is -0.389 e. The van der Waals surface area contributed by atoms with Gasteiger partial charge in [0.25, 0.3) is 0 Å². The van der Waals surface area contributed by atoms with Crippen molar-refractivity contribution in [3.63, 3.8) is 0 Å². The summed E-state index contributed by atoms with van der Waals surface area (Å²) in [6.45, 7) is 8.17. The van der Waals surface area contributed by atoms with Crippen LogP contribution in [0.5, 0.6) is 0 Å². The van der Waals surface area contributed by atoms with Gasteiger partial charge in [0.2, 0.25) is 0 Å². The maximum absolute atomic E-state index is 9.96. The Morgan fingerprint density at radius 3 is 2.50 bits per heavy atom. The molecule has 0 aliphatic heterocycles. The van der Waals surface area contributed by atoms with Crippen LogP contribution < -0.4 is 5.32 Å². The highest BCUT2D eigenvalue weighted by Crippen LogP contribution is 2.22. The number of nitrogens with zero attached hydrogens (tertiary/aromatic N) is 1. The molecule has 0 bridgehead atoms. The van der Waals surface area contributed by atoms with Crippen LogP contribution in [0.25, 0.3) is 0 Å². The van der Waals surface area contributed by atoms with E-state index in [9.17, 15) is 5.11 Å². The van der Waals surface area contributed by atoms with Gasteiger partial charge in [-0.1, -0.05) is 0 Å². The number of nitrogens with one attached hydrogen (secondary N) is 1. The second-order valence-corrected chi connectivity index (χ2v) is 5.95. The van der Waals surface area contributed by atoms with E-state index in [-0.39, 0.29) is 5.54 Å². The van der Waals surface area contributed by atoms with E-state index < -0.39 is 5.60 Å². The molecule has 0 saturated heterocycles. The lowest BCUT2D eigenvalue weighted by Crippen LogP contribution is -2.55. The molecular formula is C12H18N2OS. The molecule has 1 heterocycles. The van der Waals surface area contributed by atoms with Gasteiger partial charge in [-0.3, -0.25) is 0 Å². The molecule has 0 aromatic carbocycles. The van der Waals surface area contributed by atoms with Gasteiger partial charge in [0.05, 0.1) is 11.2 Å². The van der Waals surface area contributed by atoms with Crippen LogP contribution in [0, 0.1) is 11.3 Å². The first-order valence-corrected chi connectivity index (χ1v) is 6.09. The average molecular weight is 238 g/mol. The zero-order valence-electron chi connectivity index (χ0n) is 10.2. The lowest BCUT2D eigenvalue weighted by Gasteiger charge is -2.38. The Labute approximate surface area is 101 Å². The average Bonchev–Trinajstić information content (AvgIpc) is 2.60. The van der Waals surface area contributed by atoms with E-state index in [1.54, 1.807) is 25.2 Å². The summed E-state index contributed by atoms with van der Waals surface area (Å²) in [6, 6.07) is 3.98. The van der Waals surface area contributed by atoms with Crippen molar-refractivity contribution < 1.29 is 5.11 Å². The third kappa shape index (κ3) is 3.05. The van der Waals surface area contributed by atoms with Gasteiger partial charge >= 0.3 is 0 Å². The monoisotopic (exact) mass is 238 g/mol. The lowest BCUT2D eigenvalue weighted by molar-refractivity contribution is -0.00520. The molecule has 0 aliphatic rings. The molecule has 2 N–H and O–H groups in total. The molecule has 1 aromatic heterocycles. The van der Waals surface area contributed by atoms with E-state index in [0.717, 1.165) is 4.88 Å². The standard InChI is InChI=1S/C12H18N2OS/c1-11(2,12(3,4)15)14-7-10-5-9(6-13)8-16-10/h5,8,14-15H,7H2,1-4H3. The van der Waals surface area contributed by atoms with Gasteiger partial charge in [-0.15, -0.1) is 11.3 Å². The number of hydrogen-bond acceptors (Lipinski definition) is 4. The molecule has 16 heavy (non-hydrogen) atoms. The van der Waals surface area contributed by atoms with Crippen molar-refractivity contribution in [2.24, 2.45) is 0 Å². The molecule has 3 nitrogen and oxygen atoms in total. The van der Waals surface area contributed by atoms with E-state index in [2.05, 4.69) is 11.4 Å². The molecule has 1 rings (SSSR count). The molecule has 0 radical (unpaired) electrons. The van der Waals surface area contributed by atoms with Gasteiger partial charge < -0.3 is 10.4 Å². The summed E-state index contributed by atoms with van der Waals surface area (Å²) in [5.74, 6) is 0. The molecule has 0 fully saturated rings. The maximum atomic E-state index is 9.96. The topological polar surface area (TPSA) is 56.0 Å². The Bertz CT molecular complexity index is 396. The first kappa shape index (κ1) is 13.2. The molecule has 88 valence electrons. The van der Waals surface area contributed by atoms with Crippen molar-refractivity contribution in [1.29, 1.82) is 5.26 Å². The largest absolute Gasteiger partial charge is 0.389 e. The predicted octanol–water partition coefficient (Wildman–Crippen LogP) is 2.26. The van der Waals surface area contributed by atoms with E-state index >= 15 is 0 Å². The van der Waals surface area contributed by atoms with Crippen molar-refractivity contribution in [3.8, 4) is 6.07 Å². The number of aliphatic hydroxyl groups is 1. The molecule has 0 spiro atoms. The highest BCUT2D eigenvalue weighted by Gasteiger charge is 2.34. The summed E-state index contributed by atoms with van der Waals surface area (Å²) in [4.78, 5) is 1.11. The number of hydrogen-bond donors (Lipinski definition) is 2. The fraction of sp³-hybridized carbons (Fsp3) is 0.583. The van der Waals surface area contributed by atoms with E-state index in [1.807, 2.05) is 25.3 Å². The van der Waals surface area contributed by atoms with Crippen LogP contribution in [0.15, 0.2) is 11.4 Å². The minimum atomic E-state index is -0.789. The summed E-state index contributed by atoms with van der Waals surface area (Å²) in [5, 5.41) is 23.8. The summed E-state index contributed by atoms with van der Waals surface area (Å²) in [6.07, 6.45) is 0. The van der Waals surface area contributed by atoms with Crippen molar-refractivity contribution in [2.75, 3.05) is 0 Å². The van der Waals surface area contributed by atoms with Crippen LogP contribution in [0.3, 0.4) is 0 Å². The molecule has 4 heteroatoms. The summed E-state index contributed by atoms with van der Waals surface area (Å²) in [7, 11) is 0. The minimum absolute atomic E-state index is 0.371. The highest BCUT2D eigenvalue weighted by atomic mass is 32.1. The van der Waals surface area contributed by atoms with Crippen LogP contribution in [0.1, 0.15) is 38.1 Å². The Morgan fingerprint density at radius 1 is 1.44 bits per heavy atom. The van der Waals surface area contributed by atoms with E-state index in [1.165, 1.54) is 0 Å². The summed E-state index contributed by atoms with van der Waals surface area (Å²) < 4.78 is 0. The van der Waals surface area contributed by atoms with Gasteiger partial charge in [0.1, 0.15) is 6.07 Å². The predicted molar refractivity (Wildman–Crippen MR) is 66.3 cm³/mol. The highest BCUT2D eigenvalue weighted by molar-refractivity contribution is 7.10. The fourth-order valence-corrected chi connectivity index (χ4v) is 1.81. The van der Waals surface area contributed by atoms with Crippen LogP contribution in [-0.4, -0.2) is 16.2 Å². The van der Waals surface area contributed by atoms with Gasteiger partial charge in [-0.2, -0.15) is 5.26 Å². The molecular weight excluding hydrogens is 220 g/mol. The van der Waals surface area contributed by atoms with Gasteiger partial charge in [-0.05, 0) is 33.8 Å². The molecule has 0 aliphatic carbocycles. The van der Waals surface area contributed by atoms with E-state index in [0.29, 0.717) is 12.1 Å². The van der Waals surface area contributed by atoms with Crippen molar-refractivity contribution in [1.82, 2.24) is 5.32 Å². The van der Waals surface area contributed by atoms with Crippen molar-refractivity contribution in [3.05, 3.63) is 21.9 Å². The quantitative estimate of drug-likeness (QED) is 0.846.